The van der Waals surface area contributed by atoms with Gasteiger partial charge < -0.3 is 5.73 Å². The first-order valence-corrected chi connectivity index (χ1v) is 7.51. The summed E-state index contributed by atoms with van der Waals surface area (Å²) in [6, 6.07) is 0. The Bertz CT molecular complexity index is 305. The van der Waals surface area contributed by atoms with Gasteiger partial charge >= 0.3 is 0 Å². The Balaban J connectivity index is 2.69. The van der Waals surface area contributed by atoms with Gasteiger partial charge in [-0.1, -0.05) is 0 Å². The second-order valence-corrected chi connectivity index (χ2v) is 7.39. The maximum atomic E-state index is 11.8. The average Bonchev–Trinajstić information content (AvgIpc) is 2.17. The summed E-state index contributed by atoms with van der Waals surface area (Å²) in [5.41, 5.74) is 5.33. The van der Waals surface area contributed by atoms with E-state index in [1.54, 1.807) is 6.92 Å². The predicted octanol–water partition coefficient (Wildman–Crippen LogP) is -1.27. The van der Waals surface area contributed by atoms with E-state index in [-0.39, 0.29) is 6.54 Å². The van der Waals surface area contributed by atoms with Gasteiger partial charge in [0.2, 0.25) is 10.0 Å². The Morgan fingerprint density at radius 1 is 1.43 bits per heavy atom. The molecule has 7 heteroatoms. The minimum Gasteiger partial charge on any atom is -0.329 e. The van der Waals surface area contributed by atoms with E-state index in [1.807, 2.05) is 0 Å². The first kappa shape index (κ1) is 12.1. The zero-order valence-corrected chi connectivity index (χ0v) is 9.81. The van der Waals surface area contributed by atoms with E-state index in [2.05, 4.69) is 0 Å². The lowest BCUT2D eigenvalue weighted by Crippen LogP contribution is -2.46. The molecule has 1 aliphatic heterocycles. The monoisotopic (exact) mass is 240 g/mol. The molecule has 0 aromatic heterocycles. The molecule has 1 unspecified atom stereocenters. The molecule has 0 bridgehead atoms. The Labute approximate surface area is 87.2 Å². The van der Waals surface area contributed by atoms with Crippen molar-refractivity contribution in [3.63, 3.8) is 0 Å². The molecule has 0 aliphatic carbocycles. The maximum Gasteiger partial charge on any atom is 0.218 e. The van der Waals surface area contributed by atoms with Crippen molar-refractivity contribution in [1.82, 2.24) is 4.31 Å². The van der Waals surface area contributed by atoms with Crippen LogP contribution in [0.2, 0.25) is 0 Å². The van der Waals surface area contributed by atoms with Crippen molar-refractivity contribution in [2.24, 2.45) is 5.73 Å². The summed E-state index contributed by atoms with van der Waals surface area (Å²) < 4.78 is 36.0. The first-order valence-electron chi connectivity index (χ1n) is 4.52. The van der Waals surface area contributed by atoms with E-state index in [9.17, 15) is 12.6 Å². The highest BCUT2D eigenvalue weighted by Crippen LogP contribution is 2.11. The molecule has 2 N–H and O–H groups in total. The molecule has 1 heterocycles. The van der Waals surface area contributed by atoms with E-state index < -0.39 is 26.1 Å². The fraction of sp³-hybridized carbons (Fsp3) is 1.00. The van der Waals surface area contributed by atoms with Crippen LogP contribution in [0, 0.1) is 0 Å². The molecule has 0 aromatic carbocycles. The van der Waals surface area contributed by atoms with E-state index >= 15 is 0 Å². The summed E-state index contributed by atoms with van der Waals surface area (Å²) >= 11 is 0. The van der Waals surface area contributed by atoms with Crippen molar-refractivity contribution in [3.05, 3.63) is 0 Å². The minimum atomic E-state index is -3.26. The summed E-state index contributed by atoms with van der Waals surface area (Å²) in [5.74, 6) is 0.882. The molecule has 84 valence electrons. The number of hydrogen-bond donors (Lipinski definition) is 1. The zero-order valence-electron chi connectivity index (χ0n) is 8.18. The Morgan fingerprint density at radius 3 is 2.36 bits per heavy atom. The molecular weight excluding hydrogens is 224 g/mol. The topological polar surface area (TPSA) is 80.5 Å². The average molecular weight is 240 g/mol. The molecular formula is C7H16N2O3S2. The van der Waals surface area contributed by atoms with Crippen LogP contribution in [0.3, 0.4) is 0 Å². The van der Waals surface area contributed by atoms with E-state index in [1.165, 1.54) is 4.31 Å². The number of nitrogens with zero attached hydrogens (tertiary/aromatic N) is 1. The van der Waals surface area contributed by atoms with Crippen LogP contribution in [0.1, 0.15) is 6.92 Å². The highest BCUT2D eigenvalue weighted by molar-refractivity contribution is 7.90. The van der Waals surface area contributed by atoms with Crippen molar-refractivity contribution < 1.29 is 12.6 Å². The van der Waals surface area contributed by atoms with Crippen molar-refractivity contribution in [1.29, 1.82) is 0 Å². The highest BCUT2D eigenvalue weighted by atomic mass is 32.2. The second kappa shape index (κ2) is 4.69. The zero-order chi connectivity index (χ0) is 10.8. The largest absolute Gasteiger partial charge is 0.329 e. The molecule has 1 aliphatic rings. The summed E-state index contributed by atoms with van der Waals surface area (Å²) in [6.07, 6.45) is 0. The SMILES string of the molecule is CC(CN)S(=O)(=O)N1CCS(=O)CC1. The van der Waals surface area contributed by atoms with Gasteiger partial charge in [-0.2, -0.15) is 4.31 Å². The highest BCUT2D eigenvalue weighted by Gasteiger charge is 2.30. The fourth-order valence-electron chi connectivity index (χ4n) is 1.25. The summed E-state index contributed by atoms with van der Waals surface area (Å²) in [6.45, 7) is 2.45. The summed E-state index contributed by atoms with van der Waals surface area (Å²) in [4.78, 5) is 0. The third kappa shape index (κ3) is 2.53. The number of rotatable bonds is 3. The van der Waals surface area contributed by atoms with Gasteiger partial charge in [0.15, 0.2) is 0 Å². The van der Waals surface area contributed by atoms with Crippen LogP contribution in [-0.2, 0) is 20.8 Å². The number of sulfonamides is 1. The standard InChI is InChI=1S/C7H16N2O3S2/c1-7(6-8)14(11,12)9-2-4-13(10)5-3-9/h7H,2-6,8H2,1H3. The van der Waals surface area contributed by atoms with Gasteiger partial charge in [-0.25, -0.2) is 8.42 Å². The van der Waals surface area contributed by atoms with Crippen LogP contribution in [0.15, 0.2) is 0 Å². The van der Waals surface area contributed by atoms with E-state index in [0.717, 1.165) is 0 Å². The summed E-state index contributed by atoms with van der Waals surface area (Å²) in [5, 5.41) is -0.547. The quantitative estimate of drug-likeness (QED) is 0.667. The molecule has 14 heavy (non-hydrogen) atoms. The van der Waals surface area contributed by atoms with Crippen LogP contribution in [0.5, 0.6) is 0 Å². The predicted molar refractivity (Wildman–Crippen MR) is 56.9 cm³/mol. The molecule has 1 atom stereocenters. The van der Waals surface area contributed by atoms with Crippen molar-refractivity contribution in [2.75, 3.05) is 31.1 Å². The number of nitrogens with two attached hydrogens (primary N) is 1. The van der Waals surface area contributed by atoms with Gasteiger partial charge in [0.1, 0.15) is 0 Å². The molecule has 0 radical (unpaired) electrons. The molecule has 0 aromatic rings. The van der Waals surface area contributed by atoms with Crippen LogP contribution in [-0.4, -0.2) is 53.3 Å². The Morgan fingerprint density at radius 2 is 1.93 bits per heavy atom. The Kier molecular flexibility index (Phi) is 4.05. The molecule has 0 spiro atoms. The third-order valence-corrected chi connectivity index (χ3v) is 5.91. The third-order valence-electron chi connectivity index (χ3n) is 2.34. The molecule has 5 nitrogen and oxygen atoms in total. The van der Waals surface area contributed by atoms with Crippen LogP contribution >= 0.6 is 0 Å². The second-order valence-electron chi connectivity index (χ2n) is 3.34. The summed E-state index contributed by atoms with van der Waals surface area (Å²) in [7, 11) is -4.11. The molecule has 0 amide bonds. The van der Waals surface area contributed by atoms with Gasteiger partial charge in [-0.3, -0.25) is 4.21 Å². The lowest BCUT2D eigenvalue weighted by atomic mass is 10.5. The molecule has 0 saturated carbocycles. The van der Waals surface area contributed by atoms with Crippen LogP contribution in [0.4, 0.5) is 0 Å². The van der Waals surface area contributed by atoms with Crippen molar-refractivity contribution >= 4 is 20.8 Å². The van der Waals surface area contributed by atoms with Crippen LogP contribution < -0.4 is 5.73 Å². The smallest absolute Gasteiger partial charge is 0.218 e. The lowest BCUT2D eigenvalue weighted by Gasteiger charge is -2.27. The van der Waals surface area contributed by atoms with Crippen molar-refractivity contribution in [3.8, 4) is 0 Å². The fourth-order valence-corrected chi connectivity index (χ4v) is 3.98. The van der Waals surface area contributed by atoms with Gasteiger partial charge in [-0.05, 0) is 6.92 Å². The lowest BCUT2D eigenvalue weighted by molar-refractivity contribution is 0.431. The minimum absolute atomic E-state index is 0.127. The molecule has 1 fully saturated rings. The van der Waals surface area contributed by atoms with E-state index in [4.69, 9.17) is 5.73 Å². The maximum absolute atomic E-state index is 11.8. The van der Waals surface area contributed by atoms with E-state index in [0.29, 0.717) is 24.6 Å². The van der Waals surface area contributed by atoms with Crippen molar-refractivity contribution in [2.45, 2.75) is 12.2 Å². The first-order chi connectivity index (χ1) is 6.48. The normalized spacial score (nSPS) is 23.6. The van der Waals surface area contributed by atoms with Gasteiger partial charge in [-0.15, -0.1) is 0 Å². The van der Waals surface area contributed by atoms with Gasteiger partial charge in [0.25, 0.3) is 0 Å². The van der Waals surface area contributed by atoms with Gasteiger partial charge in [0, 0.05) is 41.9 Å². The number of hydrogen-bond acceptors (Lipinski definition) is 4. The molecule has 1 rings (SSSR count). The molecule has 1 saturated heterocycles. The van der Waals surface area contributed by atoms with Gasteiger partial charge in [0.05, 0.1) is 5.25 Å². The Hall–Kier alpha value is 0.0200. The van der Waals surface area contributed by atoms with Crippen LogP contribution in [0.25, 0.3) is 0 Å².